The Hall–Kier alpha value is -3.22. The van der Waals surface area contributed by atoms with E-state index in [2.05, 4.69) is 42.9 Å². The third-order valence-corrected chi connectivity index (χ3v) is 6.27. The van der Waals surface area contributed by atoms with Gasteiger partial charge in [0.05, 0.1) is 11.6 Å². The van der Waals surface area contributed by atoms with Gasteiger partial charge in [-0.15, -0.1) is 0 Å². The lowest BCUT2D eigenvalue weighted by molar-refractivity contribution is 0.136. The molecule has 3 aromatic heterocycles. The smallest absolute Gasteiger partial charge is 0.153 e. The van der Waals surface area contributed by atoms with E-state index in [0.717, 1.165) is 53.4 Å². The quantitative estimate of drug-likeness (QED) is 0.449. The molecule has 174 valence electrons. The molecule has 33 heavy (non-hydrogen) atoms. The van der Waals surface area contributed by atoms with Crippen LogP contribution in [0, 0.1) is 18.3 Å². The molecule has 9 heteroatoms. The average molecular weight is 449 g/mol. The monoisotopic (exact) mass is 448 g/mol. The first kappa shape index (κ1) is 23.0. The number of aryl methyl sites for hydroxylation is 1. The van der Waals surface area contributed by atoms with Crippen molar-refractivity contribution in [3.63, 3.8) is 0 Å². The molecule has 2 aliphatic rings. The van der Waals surface area contributed by atoms with E-state index in [9.17, 15) is 0 Å². The van der Waals surface area contributed by atoms with Crippen molar-refractivity contribution in [2.24, 2.45) is 0 Å². The van der Waals surface area contributed by atoms with Crippen LogP contribution < -0.4 is 10.6 Å². The third kappa shape index (κ3) is 5.41. The fourth-order valence-electron chi connectivity index (χ4n) is 4.99. The van der Waals surface area contributed by atoms with Gasteiger partial charge in [-0.1, -0.05) is 0 Å². The number of anilines is 3. The summed E-state index contributed by atoms with van der Waals surface area (Å²) in [6.07, 6.45) is 7.04. The van der Waals surface area contributed by atoms with Crippen molar-refractivity contribution in [3.05, 3.63) is 36.2 Å². The largest absolute Gasteiger partial charge is 0.397 e. The van der Waals surface area contributed by atoms with Crippen LogP contribution in [0.5, 0.6) is 0 Å². The molecule has 0 aromatic carbocycles. The summed E-state index contributed by atoms with van der Waals surface area (Å²) >= 11 is 0. The number of hydrogen-bond donors (Lipinski definition) is 4. The zero-order valence-electron chi connectivity index (χ0n) is 19.3. The number of pyridine rings is 2. The van der Waals surface area contributed by atoms with Gasteiger partial charge in [0.15, 0.2) is 5.82 Å². The highest BCUT2D eigenvalue weighted by atomic mass is 16.2. The van der Waals surface area contributed by atoms with E-state index >= 15 is 0 Å². The van der Waals surface area contributed by atoms with E-state index in [0.29, 0.717) is 24.5 Å². The molecule has 0 saturated carbocycles. The minimum absolute atomic E-state index is 0.250. The van der Waals surface area contributed by atoms with Crippen LogP contribution in [0.25, 0.3) is 10.9 Å². The van der Waals surface area contributed by atoms with Crippen LogP contribution in [-0.2, 0) is 0 Å². The predicted molar refractivity (Wildman–Crippen MR) is 129 cm³/mol. The van der Waals surface area contributed by atoms with Gasteiger partial charge in [0.2, 0.25) is 0 Å². The number of fused-ring (bicyclic) bond motifs is 3. The van der Waals surface area contributed by atoms with Crippen LogP contribution in [0.15, 0.2) is 30.5 Å². The van der Waals surface area contributed by atoms with Gasteiger partial charge in [-0.05, 0) is 51.7 Å². The molecule has 5 heterocycles. The Morgan fingerprint density at radius 2 is 2.00 bits per heavy atom. The fraction of sp³-hybridized carbons (Fsp3) is 0.500. The van der Waals surface area contributed by atoms with Crippen LogP contribution in [0.3, 0.4) is 0 Å². The molecular formula is C24H32N8O. The van der Waals surface area contributed by atoms with Gasteiger partial charge < -0.3 is 15.7 Å². The average Bonchev–Trinajstić information content (AvgIpc) is 3.31. The molecule has 2 bridgehead atoms. The van der Waals surface area contributed by atoms with Crippen molar-refractivity contribution in [1.82, 2.24) is 25.1 Å². The van der Waals surface area contributed by atoms with E-state index in [1.165, 1.54) is 12.8 Å². The second kappa shape index (κ2) is 10.6. The lowest BCUT2D eigenvalue weighted by Crippen LogP contribution is -2.47. The summed E-state index contributed by atoms with van der Waals surface area (Å²) in [4.78, 5) is 12.0. The first-order chi connectivity index (χ1) is 16.1. The number of nitrogens with one attached hydrogen (secondary N) is 3. The molecule has 0 spiro atoms. The first-order valence-corrected chi connectivity index (χ1v) is 11.7. The first-order valence-electron chi connectivity index (χ1n) is 11.7. The molecule has 3 atom stereocenters. The lowest BCUT2D eigenvalue weighted by atomic mass is 9.97. The Morgan fingerprint density at radius 1 is 1.24 bits per heavy atom. The zero-order valence-corrected chi connectivity index (χ0v) is 19.3. The number of aliphatic hydroxyl groups is 1. The maximum Gasteiger partial charge on any atom is 0.153 e. The van der Waals surface area contributed by atoms with Crippen molar-refractivity contribution in [2.45, 2.75) is 64.1 Å². The number of hydrogen-bond acceptors (Lipinski definition) is 8. The van der Waals surface area contributed by atoms with Crippen LogP contribution >= 0.6 is 0 Å². The van der Waals surface area contributed by atoms with Gasteiger partial charge in [0.25, 0.3) is 0 Å². The molecule has 2 aliphatic heterocycles. The van der Waals surface area contributed by atoms with Crippen LogP contribution in [0.1, 0.15) is 44.7 Å². The Bertz CT molecular complexity index is 1090. The molecule has 0 radical (unpaired) electrons. The number of aliphatic hydroxyl groups excluding tert-OH is 1. The molecule has 4 N–H and O–H groups in total. The number of rotatable bonds is 6. The zero-order chi connectivity index (χ0) is 23.2. The van der Waals surface area contributed by atoms with Crippen LogP contribution in [0.2, 0.25) is 0 Å². The molecule has 2 saturated heterocycles. The van der Waals surface area contributed by atoms with Crippen LogP contribution in [0.4, 0.5) is 17.5 Å². The summed E-state index contributed by atoms with van der Waals surface area (Å²) in [7, 11) is 0. The summed E-state index contributed by atoms with van der Waals surface area (Å²) in [5.74, 6) is 2.33. The lowest BCUT2D eigenvalue weighted by Gasteiger charge is -2.39. The summed E-state index contributed by atoms with van der Waals surface area (Å²) in [5, 5.41) is 31.8. The maximum absolute atomic E-state index is 8.95. The van der Waals surface area contributed by atoms with Gasteiger partial charge in [-0.25, -0.2) is 4.98 Å². The van der Waals surface area contributed by atoms with Crippen LogP contribution in [-0.4, -0.2) is 61.4 Å². The highest BCUT2D eigenvalue weighted by molar-refractivity contribution is 5.91. The second-order valence-corrected chi connectivity index (χ2v) is 8.65. The molecule has 2 fully saturated rings. The molecule has 0 unspecified atom stereocenters. The van der Waals surface area contributed by atoms with Gasteiger partial charge in [-0.2, -0.15) is 10.4 Å². The third-order valence-electron chi connectivity index (χ3n) is 6.27. The number of aromatic nitrogens is 4. The Balaban J connectivity index is 0.000000821. The van der Waals surface area contributed by atoms with Gasteiger partial charge in [0, 0.05) is 67.1 Å². The number of nitriles is 1. The minimum Gasteiger partial charge on any atom is -0.397 e. The predicted octanol–water partition coefficient (Wildman–Crippen LogP) is 3.72. The Kier molecular flexibility index (Phi) is 7.37. The SMILES string of the molecule is CCO.Cc1cc(Nc2cc3ncccc3c(N[C@H]3C[C@H]4CC[C@@H](C3)N4CCC#N)n2)n[nH]1. The van der Waals surface area contributed by atoms with Gasteiger partial charge in [-0.3, -0.25) is 15.0 Å². The summed E-state index contributed by atoms with van der Waals surface area (Å²) < 4.78 is 0. The standard InChI is InChI=1S/C22H26N8.C2H6O/c1-14-10-21(29-28-14)26-20-13-19-18(4-2-8-24-19)22(27-20)25-15-11-16-5-6-17(12-15)30(16)9-3-7-23;1-2-3/h2,4,8,10,13,15-17H,3,5-6,9,11-12H2,1H3,(H3,25,26,27,28,29);3H,2H2,1H3/t15-,16+,17-;. The molecular weight excluding hydrogens is 416 g/mol. The van der Waals surface area contributed by atoms with Crippen molar-refractivity contribution in [3.8, 4) is 6.07 Å². The highest BCUT2D eigenvalue weighted by Gasteiger charge is 2.40. The Labute approximate surface area is 194 Å². The summed E-state index contributed by atoms with van der Waals surface area (Å²) in [6.45, 7) is 4.80. The highest BCUT2D eigenvalue weighted by Crippen LogP contribution is 2.37. The van der Waals surface area contributed by atoms with E-state index in [-0.39, 0.29) is 6.61 Å². The maximum atomic E-state index is 8.95. The molecule has 3 aromatic rings. The number of nitrogens with zero attached hydrogens (tertiary/aromatic N) is 5. The summed E-state index contributed by atoms with van der Waals surface area (Å²) in [5.41, 5.74) is 1.90. The number of aromatic amines is 1. The van der Waals surface area contributed by atoms with E-state index < -0.39 is 0 Å². The number of H-pyrrole nitrogens is 1. The number of piperidine rings is 1. The van der Waals surface area contributed by atoms with Crippen molar-refractivity contribution >= 4 is 28.4 Å². The van der Waals surface area contributed by atoms with Crippen molar-refractivity contribution in [1.29, 1.82) is 5.26 Å². The Morgan fingerprint density at radius 3 is 2.67 bits per heavy atom. The van der Waals surface area contributed by atoms with E-state index in [1.54, 1.807) is 6.92 Å². The molecule has 0 amide bonds. The topological polar surface area (TPSA) is 126 Å². The molecule has 9 nitrogen and oxygen atoms in total. The fourth-order valence-corrected chi connectivity index (χ4v) is 4.99. The molecule has 0 aliphatic carbocycles. The second-order valence-electron chi connectivity index (χ2n) is 8.65. The minimum atomic E-state index is 0.250. The van der Waals surface area contributed by atoms with Crippen molar-refractivity contribution < 1.29 is 5.11 Å². The van der Waals surface area contributed by atoms with E-state index in [1.807, 2.05) is 31.3 Å². The van der Waals surface area contributed by atoms with Gasteiger partial charge >= 0.3 is 0 Å². The summed E-state index contributed by atoms with van der Waals surface area (Å²) in [6, 6.07) is 11.7. The van der Waals surface area contributed by atoms with E-state index in [4.69, 9.17) is 15.4 Å². The van der Waals surface area contributed by atoms with Crippen molar-refractivity contribution in [2.75, 3.05) is 23.8 Å². The molecule has 5 rings (SSSR count). The normalized spacial score (nSPS) is 21.8. The van der Waals surface area contributed by atoms with Gasteiger partial charge in [0.1, 0.15) is 11.6 Å².